The number of imide groups is 1. The Morgan fingerprint density at radius 3 is 2.44 bits per heavy atom. The summed E-state index contributed by atoms with van der Waals surface area (Å²) in [5.41, 5.74) is 0.139. The van der Waals surface area contributed by atoms with E-state index < -0.39 is 0 Å². The van der Waals surface area contributed by atoms with Gasteiger partial charge in [-0.2, -0.15) is 0 Å². The van der Waals surface area contributed by atoms with Crippen LogP contribution in [-0.4, -0.2) is 47.6 Å². The third-order valence-corrected chi connectivity index (χ3v) is 4.41. The highest BCUT2D eigenvalue weighted by Gasteiger charge is 2.22. The Morgan fingerprint density at radius 2 is 1.84 bits per heavy atom. The van der Waals surface area contributed by atoms with E-state index in [2.05, 4.69) is 26.1 Å². The highest BCUT2D eigenvalue weighted by molar-refractivity contribution is 7.94. The third-order valence-electron chi connectivity index (χ3n) is 3.49. The summed E-state index contributed by atoms with van der Waals surface area (Å²) in [6.07, 6.45) is 5.31. The van der Waals surface area contributed by atoms with E-state index in [4.69, 9.17) is 4.18 Å². The van der Waals surface area contributed by atoms with Crippen molar-refractivity contribution >= 4 is 29.8 Å². The topological polar surface area (TPSA) is 75.7 Å². The molecule has 0 bridgehead atoms. The van der Waals surface area contributed by atoms with Crippen molar-refractivity contribution in [3.8, 4) is 0 Å². The highest BCUT2D eigenvalue weighted by Crippen LogP contribution is 2.17. The summed E-state index contributed by atoms with van der Waals surface area (Å²) in [5.74, 6) is 0.248. The Bertz CT molecular complexity index is 482. The van der Waals surface area contributed by atoms with Crippen LogP contribution in [0.1, 0.15) is 53.4 Å². The minimum Gasteiger partial charge on any atom is -0.353 e. The maximum Gasteiger partial charge on any atom is 0.253 e. The molecule has 0 spiro atoms. The largest absolute Gasteiger partial charge is 0.353 e. The van der Waals surface area contributed by atoms with Crippen molar-refractivity contribution in [3.63, 3.8) is 0 Å². The minimum absolute atomic E-state index is 0.0268. The Labute approximate surface area is 154 Å². The van der Waals surface area contributed by atoms with Crippen LogP contribution in [0.3, 0.4) is 0 Å². The zero-order valence-corrected chi connectivity index (χ0v) is 16.5. The number of carbonyl (C=O) groups is 3. The first kappa shape index (κ1) is 21.7. The molecule has 1 N–H and O–H groups in total. The standard InChI is InChI=1S/C18H30N2O4S/c1-14(12-25-24-13-18(2,3)4)19-15(21)8-6-5-7-11-20-16(22)9-10-17(20)23/h9-10,14H,5-8,11-13H2,1-4H3,(H,19,21). The van der Waals surface area contributed by atoms with Gasteiger partial charge in [0.1, 0.15) is 0 Å². The van der Waals surface area contributed by atoms with Crippen molar-refractivity contribution in [2.75, 3.05) is 18.9 Å². The average Bonchev–Trinajstić information content (AvgIpc) is 2.82. The number of amides is 3. The van der Waals surface area contributed by atoms with Crippen LogP contribution >= 0.6 is 12.0 Å². The second-order valence-corrected chi connectivity index (χ2v) is 8.35. The minimum atomic E-state index is -0.247. The van der Waals surface area contributed by atoms with E-state index in [1.54, 1.807) is 0 Å². The Balaban J connectivity index is 2.03. The second kappa shape index (κ2) is 10.6. The Hall–Kier alpha value is -1.34. The molecule has 1 atom stereocenters. The van der Waals surface area contributed by atoms with Gasteiger partial charge in [0, 0.05) is 36.9 Å². The van der Waals surface area contributed by atoms with Crippen molar-refractivity contribution in [2.45, 2.75) is 59.4 Å². The number of hydrogen-bond acceptors (Lipinski definition) is 5. The molecule has 6 nitrogen and oxygen atoms in total. The van der Waals surface area contributed by atoms with E-state index in [1.807, 2.05) is 6.92 Å². The van der Waals surface area contributed by atoms with Crippen molar-refractivity contribution in [2.24, 2.45) is 5.41 Å². The summed E-state index contributed by atoms with van der Waals surface area (Å²) in [5, 5.41) is 2.96. The van der Waals surface area contributed by atoms with E-state index >= 15 is 0 Å². The zero-order valence-electron chi connectivity index (χ0n) is 15.7. The van der Waals surface area contributed by atoms with Crippen LogP contribution in [-0.2, 0) is 18.6 Å². The van der Waals surface area contributed by atoms with Crippen LogP contribution in [0.25, 0.3) is 0 Å². The van der Waals surface area contributed by atoms with Gasteiger partial charge in [0.05, 0.1) is 6.61 Å². The SMILES string of the molecule is CC(CSOCC(C)(C)C)NC(=O)CCCCCN1C(=O)C=CC1=O. The van der Waals surface area contributed by atoms with Gasteiger partial charge in [-0.25, -0.2) is 0 Å². The molecule has 142 valence electrons. The number of nitrogens with one attached hydrogen (secondary N) is 1. The first-order valence-corrected chi connectivity index (χ1v) is 9.67. The molecule has 1 unspecified atom stereocenters. The van der Waals surface area contributed by atoms with E-state index in [0.717, 1.165) is 19.3 Å². The highest BCUT2D eigenvalue weighted by atomic mass is 32.2. The molecule has 0 aliphatic carbocycles. The fourth-order valence-electron chi connectivity index (χ4n) is 2.14. The summed E-state index contributed by atoms with van der Waals surface area (Å²) >= 11 is 1.39. The summed E-state index contributed by atoms with van der Waals surface area (Å²) < 4.78 is 5.53. The monoisotopic (exact) mass is 370 g/mol. The molecule has 1 rings (SSSR count). The lowest BCUT2D eigenvalue weighted by atomic mass is 9.99. The predicted molar refractivity (Wildman–Crippen MR) is 99.8 cm³/mol. The first-order chi connectivity index (χ1) is 11.7. The lowest BCUT2D eigenvalue weighted by Crippen LogP contribution is -2.34. The van der Waals surface area contributed by atoms with Crippen LogP contribution in [0.5, 0.6) is 0 Å². The van der Waals surface area contributed by atoms with Crippen LogP contribution < -0.4 is 5.32 Å². The quantitative estimate of drug-likeness (QED) is 0.344. The number of rotatable bonds is 11. The van der Waals surface area contributed by atoms with Gasteiger partial charge in [0.2, 0.25) is 5.91 Å². The van der Waals surface area contributed by atoms with Gasteiger partial charge in [-0.3, -0.25) is 19.3 Å². The molecular weight excluding hydrogens is 340 g/mol. The summed E-state index contributed by atoms with van der Waals surface area (Å²) in [4.78, 5) is 35.9. The number of carbonyl (C=O) groups excluding carboxylic acids is 3. The molecule has 1 heterocycles. The van der Waals surface area contributed by atoms with Gasteiger partial charge in [0.15, 0.2) is 0 Å². The third kappa shape index (κ3) is 9.65. The van der Waals surface area contributed by atoms with Gasteiger partial charge in [-0.15, -0.1) is 0 Å². The van der Waals surface area contributed by atoms with Crippen LogP contribution in [0.4, 0.5) is 0 Å². The van der Waals surface area contributed by atoms with Crippen molar-refractivity contribution in [1.29, 1.82) is 0 Å². The molecule has 0 fully saturated rings. The normalized spacial score (nSPS) is 15.8. The maximum absolute atomic E-state index is 11.9. The van der Waals surface area contributed by atoms with Gasteiger partial charge in [-0.05, 0) is 37.2 Å². The number of hydrogen-bond donors (Lipinski definition) is 1. The molecule has 0 saturated heterocycles. The average molecular weight is 371 g/mol. The molecule has 0 radical (unpaired) electrons. The molecular formula is C18H30N2O4S. The van der Waals surface area contributed by atoms with Gasteiger partial charge >= 0.3 is 0 Å². The lowest BCUT2D eigenvalue weighted by Gasteiger charge is -2.18. The molecule has 0 aromatic rings. The van der Waals surface area contributed by atoms with E-state index in [-0.39, 0.29) is 29.2 Å². The van der Waals surface area contributed by atoms with E-state index in [9.17, 15) is 14.4 Å². The number of unbranched alkanes of at least 4 members (excludes halogenated alkanes) is 2. The molecule has 3 amide bonds. The van der Waals surface area contributed by atoms with Crippen LogP contribution in [0, 0.1) is 5.41 Å². The van der Waals surface area contributed by atoms with Crippen molar-refractivity contribution < 1.29 is 18.6 Å². The fraction of sp³-hybridized carbons (Fsp3) is 0.722. The molecule has 25 heavy (non-hydrogen) atoms. The molecule has 0 aromatic carbocycles. The molecule has 1 aliphatic heterocycles. The maximum atomic E-state index is 11.9. The van der Waals surface area contributed by atoms with Gasteiger partial charge < -0.3 is 9.50 Å². The zero-order chi connectivity index (χ0) is 18.9. The Morgan fingerprint density at radius 1 is 1.20 bits per heavy atom. The van der Waals surface area contributed by atoms with Gasteiger partial charge in [0.25, 0.3) is 11.8 Å². The summed E-state index contributed by atoms with van der Waals surface area (Å²) in [6, 6.07) is 0.0587. The Kier molecular flexibility index (Phi) is 9.21. The predicted octanol–water partition coefficient (Wildman–Crippen LogP) is 2.69. The second-order valence-electron chi connectivity index (χ2n) is 7.55. The van der Waals surface area contributed by atoms with Crippen LogP contribution in [0.2, 0.25) is 0 Å². The summed E-state index contributed by atoms with van der Waals surface area (Å²) in [7, 11) is 0. The fourth-order valence-corrected chi connectivity index (χ4v) is 2.96. The van der Waals surface area contributed by atoms with Crippen molar-refractivity contribution in [1.82, 2.24) is 10.2 Å². The van der Waals surface area contributed by atoms with Crippen LogP contribution in [0.15, 0.2) is 12.2 Å². The van der Waals surface area contributed by atoms with E-state index in [0.29, 0.717) is 25.3 Å². The summed E-state index contributed by atoms with van der Waals surface area (Å²) in [6.45, 7) is 9.41. The molecule has 7 heteroatoms. The van der Waals surface area contributed by atoms with E-state index in [1.165, 1.54) is 29.1 Å². The smallest absolute Gasteiger partial charge is 0.253 e. The lowest BCUT2D eigenvalue weighted by molar-refractivity contribution is -0.137. The van der Waals surface area contributed by atoms with Gasteiger partial charge in [-0.1, -0.05) is 27.2 Å². The van der Waals surface area contributed by atoms with Crippen molar-refractivity contribution in [3.05, 3.63) is 12.2 Å². The molecule has 0 saturated carbocycles. The molecule has 1 aliphatic rings. The first-order valence-electron chi connectivity index (χ1n) is 8.76. The molecule has 0 aromatic heterocycles. The number of nitrogens with zero attached hydrogens (tertiary/aromatic N) is 1.